The van der Waals surface area contributed by atoms with Crippen LogP contribution in [0.5, 0.6) is 0 Å². The zero-order valence-corrected chi connectivity index (χ0v) is 16.9. The number of rotatable bonds is 3. The van der Waals surface area contributed by atoms with Crippen LogP contribution in [-0.4, -0.2) is 42.0 Å². The lowest BCUT2D eigenvalue weighted by Gasteiger charge is -2.36. The van der Waals surface area contributed by atoms with E-state index >= 15 is 0 Å². The highest BCUT2D eigenvalue weighted by Gasteiger charge is 2.42. The van der Waals surface area contributed by atoms with Crippen LogP contribution in [0.4, 0.5) is 0 Å². The maximum Gasteiger partial charge on any atom is 0.336 e. The van der Waals surface area contributed by atoms with Crippen LogP contribution >= 0.6 is 0 Å². The van der Waals surface area contributed by atoms with Gasteiger partial charge in [-0.1, -0.05) is 19.6 Å². The Morgan fingerprint density at radius 1 is 1.04 bits per heavy atom. The molecule has 132 valence electrons. The van der Waals surface area contributed by atoms with Gasteiger partial charge in [0.25, 0.3) is 0 Å². The Kier molecular flexibility index (Phi) is 5.41. The van der Waals surface area contributed by atoms with Crippen molar-refractivity contribution < 1.29 is 19.1 Å². The fraction of sp³-hybridized carbons (Fsp3) is 0.765. The van der Waals surface area contributed by atoms with E-state index in [1.165, 1.54) is 0 Å². The third-order valence-corrected chi connectivity index (χ3v) is 5.15. The predicted octanol–water partition coefficient (Wildman–Crippen LogP) is 3.46. The van der Waals surface area contributed by atoms with Gasteiger partial charge in [0.05, 0.1) is 5.57 Å². The number of esters is 2. The predicted molar refractivity (Wildman–Crippen MR) is 93.4 cm³/mol. The minimum Gasteiger partial charge on any atom is -0.458 e. The molecule has 0 bridgehead atoms. The van der Waals surface area contributed by atoms with Gasteiger partial charge in [0.15, 0.2) is 0 Å². The van der Waals surface area contributed by atoms with Gasteiger partial charge >= 0.3 is 11.9 Å². The molecule has 0 aromatic rings. The number of carbonyl (C=O) groups is 2. The van der Waals surface area contributed by atoms with Crippen LogP contribution in [0.25, 0.3) is 0 Å². The van der Waals surface area contributed by atoms with Gasteiger partial charge in [0.1, 0.15) is 25.5 Å². The first-order valence-corrected chi connectivity index (χ1v) is 11.5. The lowest BCUT2D eigenvalue weighted by molar-refractivity contribution is -0.158. The Morgan fingerprint density at radius 2 is 1.52 bits per heavy atom. The summed E-state index contributed by atoms with van der Waals surface area (Å²) < 4.78 is 13.0. The van der Waals surface area contributed by atoms with E-state index in [0.29, 0.717) is 12.0 Å². The van der Waals surface area contributed by atoms with Crippen LogP contribution in [0.3, 0.4) is 0 Å². The largest absolute Gasteiger partial charge is 0.458 e. The van der Waals surface area contributed by atoms with E-state index in [1.807, 2.05) is 46.1 Å². The topological polar surface area (TPSA) is 55.8 Å². The van der Waals surface area contributed by atoms with Crippen molar-refractivity contribution in [1.82, 2.24) is 4.57 Å². The summed E-state index contributed by atoms with van der Waals surface area (Å²) in [6.45, 7) is 17.5. The maximum atomic E-state index is 12.5. The van der Waals surface area contributed by atoms with Crippen LogP contribution < -0.4 is 0 Å². The molecule has 0 saturated heterocycles. The average molecular weight is 342 g/mol. The highest BCUT2D eigenvalue weighted by Crippen LogP contribution is 2.30. The molecule has 1 atom stereocenters. The molecular formula is C17H31NO4Si. The molecule has 1 heterocycles. The van der Waals surface area contributed by atoms with Crippen molar-refractivity contribution in [2.24, 2.45) is 0 Å². The van der Waals surface area contributed by atoms with Crippen LogP contribution in [0, 0.1) is 0 Å². The quantitative estimate of drug-likeness (QED) is 0.581. The van der Waals surface area contributed by atoms with Crippen molar-refractivity contribution in [3.05, 3.63) is 11.8 Å². The van der Waals surface area contributed by atoms with Crippen LogP contribution in [0.2, 0.25) is 19.6 Å². The lowest BCUT2D eigenvalue weighted by atomic mass is 10.1. The molecule has 0 aromatic carbocycles. The van der Waals surface area contributed by atoms with Gasteiger partial charge in [0, 0.05) is 12.6 Å². The standard InChI is InChI=1S/C17H31NO4Si/c1-16(2,3)21-14(19)12-10-13(15(20)22-17(4,5)6)18(11-12)23(7,8)9/h11,13H,10H2,1-9H3. The molecule has 0 aliphatic carbocycles. The van der Waals surface area contributed by atoms with E-state index < -0.39 is 25.5 Å². The number of hydrogen-bond acceptors (Lipinski definition) is 5. The molecule has 1 rings (SSSR count). The average Bonchev–Trinajstić information content (AvgIpc) is 2.67. The third-order valence-electron chi connectivity index (χ3n) is 3.16. The summed E-state index contributed by atoms with van der Waals surface area (Å²) in [6, 6.07) is -0.441. The summed E-state index contributed by atoms with van der Waals surface area (Å²) in [5.41, 5.74) is -0.554. The first kappa shape index (κ1) is 19.7. The molecule has 23 heavy (non-hydrogen) atoms. The fourth-order valence-corrected chi connectivity index (χ4v) is 4.00. The molecule has 0 spiro atoms. The summed E-state index contributed by atoms with van der Waals surface area (Å²) in [4.78, 5) is 24.9. The molecule has 0 N–H and O–H groups in total. The van der Waals surface area contributed by atoms with Crippen LogP contribution in [-0.2, 0) is 19.1 Å². The highest BCUT2D eigenvalue weighted by atomic mass is 28.3. The fourth-order valence-electron chi connectivity index (χ4n) is 2.32. The van der Waals surface area contributed by atoms with Gasteiger partial charge in [-0.05, 0) is 41.5 Å². The molecule has 0 fully saturated rings. The van der Waals surface area contributed by atoms with Gasteiger partial charge in [-0.2, -0.15) is 0 Å². The van der Waals surface area contributed by atoms with E-state index in [2.05, 4.69) is 19.6 Å². The summed E-state index contributed by atoms with van der Waals surface area (Å²) in [7, 11) is -1.82. The van der Waals surface area contributed by atoms with Crippen molar-refractivity contribution in [2.45, 2.75) is 84.8 Å². The summed E-state index contributed by atoms with van der Waals surface area (Å²) in [5, 5.41) is 0. The first-order chi connectivity index (χ1) is 10.1. The Bertz CT molecular complexity index is 506. The van der Waals surface area contributed by atoms with E-state index in [-0.39, 0.29) is 11.9 Å². The third kappa shape index (κ3) is 6.01. The van der Waals surface area contributed by atoms with Crippen molar-refractivity contribution in [3.8, 4) is 0 Å². The molecule has 0 aromatic heterocycles. The van der Waals surface area contributed by atoms with E-state index in [4.69, 9.17) is 9.47 Å². The maximum absolute atomic E-state index is 12.5. The SMILES string of the molecule is CC(C)(C)OC(=O)C1=CN([Si](C)(C)C)C(C(=O)OC(C)(C)C)C1. The Morgan fingerprint density at radius 3 is 1.91 bits per heavy atom. The molecular weight excluding hydrogens is 310 g/mol. The van der Waals surface area contributed by atoms with Gasteiger partial charge < -0.3 is 14.0 Å². The van der Waals surface area contributed by atoms with E-state index in [1.54, 1.807) is 6.20 Å². The van der Waals surface area contributed by atoms with Gasteiger partial charge in [-0.25, -0.2) is 9.59 Å². The van der Waals surface area contributed by atoms with Crippen molar-refractivity contribution in [1.29, 1.82) is 0 Å². The number of carbonyl (C=O) groups excluding carboxylic acids is 2. The normalized spacial score (nSPS) is 19.4. The summed E-state index contributed by atoms with van der Waals surface area (Å²) in [6.07, 6.45) is 2.14. The van der Waals surface area contributed by atoms with Crippen molar-refractivity contribution >= 4 is 20.2 Å². The number of nitrogens with zero attached hydrogens (tertiary/aromatic N) is 1. The zero-order valence-electron chi connectivity index (χ0n) is 15.9. The van der Waals surface area contributed by atoms with Gasteiger partial charge in [-0.3, -0.25) is 0 Å². The second-order valence-electron chi connectivity index (χ2n) is 8.99. The van der Waals surface area contributed by atoms with Crippen molar-refractivity contribution in [2.75, 3.05) is 0 Å². The molecule has 0 radical (unpaired) electrons. The van der Waals surface area contributed by atoms with E-state index in [0.717, 1.165) is 0 Å². The number of ether oxygens (including phenoxy) is 2. The van der Waals surface area contributed by atoms with Crippen LogP contribution in [0.15, 0.2) is 11.8 Å². The molecule has 1 unspecified atom stereocenters. The van der Waals surface area contributed by atoms with E-state index in [9.17, 15) is 9.59 Å². The Balaban J connectivity index is 2.99. The minimum atomic E-state index is -1.82. The van der Waals surface area contributed by atoms with Gasteiger partial charge in [0.2, 0.25) is 0 Å². The monoisotopic (exact) mass is 341 g/mol. The molecule has 5 nitrogen and oxygen atoms in total. The molecule has 0 amide bonds. The smallest absolute Gasteiger partial charge is 0.336 e. The Labute approximate surface area is 141 Å². The highest BCUT2D eigenvalue weighted by molar-refractivity contribution is 6.74. The second kappa shape index (κ2) is 6.30. The lowest BCUT2D eigenvalue weighted by Crippen LogP contribution is -2.50. The minimum absolute atomic E-state index is 0.283. The molecule has 1 aliphatic rings. The zero-order chi connectivity index (χ0) is 18.2. The second-order valence-corrected chi connectivity index (χ2v) is 13.8. The van der Waals surface area contributed by atoms with Gasteiger partial charge in [-0.15, -0.1) is 0 Å². The first-order valence-electron chi connectivity index (χ1n) is 8.05. The van der Waals surface area contributed by atoms with Crippen molar-refractivity contribution in [3.63, 3.8) is 0 Å². The summed E-state index contributed by atoms with van der Waals surface area (Å²) >= 11 is 0. The molecule has 6 heteroatoms. The Hall–Kier alpha value is -1.30. The van der Waals surface area contributed by atoms with Crippen LogP contribution in [0.1, 0.15) is 48.0 Å². The number of hydrogen-bond donors (Lipinski definition) is 0. The molecule has 0 saturated carbocycles. The molecule has 1 aliphatic heterocycles. The summed E-state index contributed by atoms with van der Waals surface area (Å²) in [5.74, 6) is -0.637.